The SMILES string of the molecule is COCCNCCNC(=O)COc1ccc(C)c(C)c1.Cl. The van der Waals surface area contributed by atoms with Crippen LogP contribution in [0, 0.1) is 13.8 Å². The van der Waals surface area contributed by atoms with Crippen LogP contribution < -0.4 is 15.4 Å². The quantitative estimate of drug-likeness (QED) is 0.677. The lowest BCUT2D eigenvalue weighted by atomic mass is 10.1. The average Bonchev–Trinajstić information content (AvgIpc) is 2.44. The highest BCUT2D eigenvalue weighted by molar-refractivity contribution is 5.85. The normalized spacial score (nSPS) is 9.86. The first-order valence-corrected chi connectivity index (χ1v) is 6.80. The van der Waals surface area contributed by atoms with Crippen molar-refractivity contribution in [2.45, 2.75) is 13.8 Å². The van der Waals surface area contributed by atoms with E-state index in [9.17, 15) is 4.79 Å². The number of benzene rings is 1. The molecule has 0 unspecified atom stereocenters. The van der Waals surface area contributed by atoms with E-state index in [1.165, 1.54) is 5.56 Å². The molecule has 0 aromatic heterocycles. The summed E-state index contributed by atoms with van der Waals surface area (Å²) in [6.45, 7) is 6.86. The fourth-order valence-corrected chi connectivity index (χ4v) is 1.59. The second kappa shape index (κ2) is 11.4. The highest BCUT2D eigenvalue weighted by atomic mass is 35.5. The van der Waals surface area contributed by atoms with Gasteiger partial charge in [0.05, 0.1) is 6.61 Å². The zero-order valence-corrected chi connectivity index (χ0v) is 13.7. The number of carbonyl (C=O) groups is 1. The Kier molecular flexibility index (Phi) is 10.7. The third-order valence-electron chi connectivity index (χ3n) is 2.96. The fraction of sp³-hybridized carbons (Fsp3) is 0.533. The molecule has 0 aliphatic heterocycles. The molecule has 0 aliphatic rings. The van der Waals surface area contributed by atoms with E-state index >= 15 is 0 Å². The van der Waals surface area contributed by atoms with Crippen LogP contribution in [0.3, 0.4) is 0 Å². The lowest BCUT2D eigenvalue weighted by Crippen LogP contribution is -2.35. The molecule has 120 valence electrons. The van der Waals surface area contributed by atoms with Crippen LogP contribution in [-0.4, -0.2) is 45.9 Å². The molecule has 2 N–H and O–H groups in total. The highest BCUT2D eigenvalue weighted by Crippen LogP contribution is 2.16. The van der Waals surface area contributed by atoms with E-state index in [1.807, 2.05) is 32.0 Å². The Labute approximate surface area is 132 Å². The van der Waals surface area contributed by atoms with Crippen molar-refractivity contribution >= 4 is 18.3 Å². The molecule has 1 rings (SSSR count). The minimum Gasteiger partial charge on any atom is -0.484 e. The van der Waals surface area contributed by atoms with Gasteiger partial charge in [-0.3, -0.25) is 4.79 Å². The van der Waals surface area contributed by atoms with Crippen LogP contribution in [0.2, 0.25) is 0 Å². The van der Waals surface area contributed by atoms with Gasteiger partial charge in [0.1, 0.15) is 5.75 Å². The maximum Gasteiger partial charge on any atom is 0.257 e. The van der Waals surface area contributed by atoms with Gasteiger partial charge in [0, 0.05) is 26.7 Å². The van der Waals surface area contributed by atoms with E-state index in [0.717, 1.165) is 24.4 Å². The van der Waals surface area contributed by atoms with Gasteiger partial charge < -0.3 is 20.1 Å². The molecule has 0 aliphatic carbocycles. The molecule has 0 atom stereocenters. The molecule has 0 radical (unpaired) electrons. The number of amides is 1. The highest BCUT2D eigenvalue weighted by Gasteiger charge is 2.03. The summed E-state index contributed by atoms with van der Waals surface area (Å²) >= 11 is 0. The first-order valence-electron chi connectivity index (χ1n) is 6.80. The maximum absolute atomic E-state index is 11.6. The molecule has 0 heterocycles. The Morgan fingerprint density at radius 3 is 2.57 bits per heavy atom. The van der Waals surface area contributed by atoms with Gasteiger partial charge >= 0.3 is 0 Å². The molecule has 6 heteroatoms. The van der Waals surface area contributed by atoms with E-state index < -0.39 is 0 Å². The number of aryl methyl sites for hydroxylation is 2. The Morgan fingerprint density at radius 1 is 1.14 bits per heavy atom. The number of hydrogen-bond acceptors (Lipinski definition) is 4. The molecule has 0 bridgehead atoms. The summed E-state index contributed by atoms with van der Waals surface area (Å²) in [4.78, 5) is 11.6. The van der Waals surface area contributed by atoms with Gasteiger partial charge in [-0.2, -0.15) is 0 Å². The van der Waals surface area contributed by atoms with Gasteiger partial charge in [0.25, 0.3) is 5.91 Å². The number of methoxy groups -OCH3 is 1. The third kappa shape index (κ3) is 8.55. The first-order chi connectivity index (χ1) is 9.63. The minimum atomic E-state index is -0.114. The van der Waals surface area contributed by atoms with Crippen LogP contribution in [0.25, 0.3) is 0 Å². The first kappa shape index (κ1) is 19.7. The lowest BCUT2D eigenvalue weighted by molar-refractivity contribution is -0.123. The number of halogens is 1. The third-order valence-corrected chi connectivity index (χ3v) is 2.96. The average molecular weight is 317 g/mol. The number of hydrogen-bond donors (Lipinski definition) is 2. The summed E-state index contributed by atoms with van der Waals surface area (Å²) in [5.74, 6) is 0.609. The second-order valence-corrected chi connectivity index (χ2v) is 4.63. The van der Waals surface area contributed by atoms with E-state index in [-0.39, 0.29) is 24.9 Å². The molecule has 1 aromatic carbocycles. The van der Waals surface area contributed by atoms with Crippen LogP contribution in [0.4, 0.5) is 0 Å². The summed E-state index contributed by atoms with van der Waals surface area (Å²) < 4.78 is 10.4. The van der Waals surface area contributed by atoms with Crippen molar-refractivity contribution < 1.29 is 14.3 Å². The zero-order chi connectivity index (χ0) is 14.8. The molecule has 0 fully saturated rings. The van der Waals surface area contributed by atoms with Gasteiger partial charge in [-0.05, 0) is 37.1 Å². The molecular weight excluding hydrogens is 292 g/mol. The van der Waals surface area contributed by atoms with Crippen LogP contribution in [0.15, 0.2) is 18.2 Å². The number of ether oxygens (including phenoxy) is 2. The zero-order valence-electron chi connectivity index (χ0n) is 12.9. The summed E-state index contributed by atoms with van der Waals surface area (Å²) in [6, 6.07) is 5.80. The molecule has 5 nitrogen and oxygen atoms in total. The van der Waals surface area contributed by atoms with Crippen molar-refractivity contribution in [3.05, 3.63) is 29.3 Å². The predicted octanol–water partition coefficient (Wildman–Crippen LogP) is 1.46. The lowest BCUT2D eigenvalue weighted by Gasteiger charge is -2.09. The molecule has 21 heavy (non-hydrogen) atoms. The Balaban J connectivity index is 0.00000400. The van der Waals surface area contributed by atoms with Gasteiger partial charge in [-0.15, -0.1) is 12.4 Å². The molecule has 1 amide bonds. The topological polar surface area (TPSA) is 59.6 Å². The summed E-state index contributed by atoms with van der Waals surface area (Å²) in [5, 5.41) is 5.94. The van der Waals surface area contributed by atoms with Crippen LogP contribution >= 0.6 is 12.4 Å². The summed E-state index contributed by atoms with van der Waals surface area (Å²) in [7, 11) is 1.66. The van der Waals surface area contributed by atoms with Crippen molar-refractivity contribution in [2.75, 3.05) is 40.0 Å². The number of carbonyl (C=O) groups excluding carboxylic acids is 1. The monoisotopic (exact) mass is 316 g/mol. The smallest absolute Gasteiger partial charge is 0.257 e. The van der Waals surface area contributed by atoms with Crippen molar-refractivity contribution in [1.82, 2.24) is 10.6 Å². The Morgan fingerprint density at radius 2 is 1.90 bits per heavy atom. The van der Waals surface area contributed by atoms with Crippen LogP contribution in [-0.2, 0) is 9.53 Å². The minimum absolute atomic E-state index is 0. The number of nitrogens with one attached hydrogen (secondary N) is 2. The molecule has 0 saturated carbocycles. The van der Waals surface area contributed by atoms with Gasteiger partial charge in [0.15, 0.2) is 6.61 Å². The Hall–Kier alpha value is -1.30. The van der Waals surface area contributed by atoms with E-state index in [2.05, 4.69) is 10.6 Å². The van der Waals surface area contributed by atoms with Gasteiger partial charge in [-0.25, -0.2) is 0 Å². The van der Waals surface area contributed by atoms with Crippen molar-refractivity contribution in [1.29, 1.82) is 0 Å². The van der Waals surface area contributed by atoms with Crippen molar-refractivity contribution in [2.24, 2.45) is 0 Å². The van der Waals surface area contributed by atoms with Crippen molar-refractivity contribution in [3.8, 4) is 5.75 Å². The van der Waals surface area contributed by atoms with Gasteiger partial charge in [-0.1, -0.05) is 6.07 Å². The van der Waals surface area contributed by atoms with Crippen LogP contribution in [0.5, 0.6) is 5.75 Å². The van der Waals surface area contributed by atoms with E-state index in [1.54, 1.807) is 7.11 Å². The largest absolute Gasteiger partial charge is 0.484 e. The molecule has 0 saturated heterocycles. The molecule has 0 spiro atoms. The summed E-state index contributed by atoms with van der Waals surface area (Å²) in [5.41, 5.74) is 2.37. The van der Waals surface area contributed by atoms with E-state index in [4.69, 9.17) is 9.47 Å². The second-order valence-electron chi connectivity index (χ2n) is 4.63. The number of rotatable bonds is 9. The van der Waals surface area contributed by atoms with Gasteiger partial charge in [0.2, 0.25) is 0 Å². The standard InChI is InChI=1S/C15H24N2O3.ClH/c1-12-4-5-14(10-13(12)2)20-11-15(18)17-7-6-16-8-9-19-3;/h4-5,10,16H,6-9,11H2,1-3H3,(H,17,18);1H. The van der Waals surface area contributed by atoms with Crippen LogP contribution in [0.1, 0.15) is 11.1 Å². The fourth-order valence-electron chi connectivity index (χ4n) is 1.59. The summed E-state index contributed by atoms with van der Waals surface area (Å²) in [6.07, 6.45) is 0. The van der Waals surface area contributed by atoms with Crippen molar-refractivity contribution in [3.63, 3.8) is 0 Å². The molecular formula is C15H25ClN2O3. The predicted molar refractivity (Wildman–Crippen MR) is 86.4 cm³/mol. The maximum atomic E-state index is 11.6. The van der Waals surface area contributed by atoms with E-state index in [0.29, 0.717) is 13.2 Å². The Bertz CT molecular complexity index is 427. The molecule has 1 aromatic rings.